The van der Waals surface area contributed by atoms with Crippen LogP contribution in [0.2, 0.25) is 0 Å². The highest BCUT2D eigenvalue weighted by Crippen LogP contribution is 2.43. The Balaban J connectivity index is 0.000000622. The molecule has 0 aliphatic heterocycles. The highest BCUT2D eigenvalue weighted by molar-refractivity contribution is 7.26. The van der Waals surface area contributed by atoms with Crippen molar-refractivity contribution in [1.29, 1.82) is 0 Å². The summed E-state index contributed by atoms with van der Waals surface area (Å²) in [5.74, 6) is 0. The fourth-order valence-electron chi connectivity index (χ4n) is 5.59. The van der Waals surface area contributed by atoms with Crippen molar-refractivity contribution >= 4 is 53.4 Å². The number of allylic oxidation sites excluding steroid dienone is 1. The molecule has 0 radical (unpaired) electrons. The number of fused-ring (bicyclic) bond motifs is 6. The molecule has 0 amide bonds. The molecule has 0 bridgehead atoms. The van der Waals surface area contributed by atoms with E-state index in [-0.39, 0.29) is 0 Å². The van der Waals surface area contributed by atoms with E-state index in [9.17, 15) is 0 Å². The van der Waals surface area contributed by atoms with Crippen LogP contribution in [0.3, 0.4) is 0 Å². The van der Waals surface area contributed by atoms with E-state index >= 15 is 0 Å². The number of aromatic nitrogens is 3. The third kappa shape index (κ3) is 5.11. The lowest BCUT2D eigenvalue weighted by atomic mass is 10.0. The van der Waals surface area contributed by atoms with Crippen LogP contribution >= 0.6 is 11.3 Å². The molecule has 4 heteroatoms. The lowest BCUT2D eigenvalue weighted by Gasteiger charge is -2.09. The third-order valence-electron chi connectivity index (χ3n) is 7.36. The number of rotatable bonds is 3. The zero-order valence-corrected chi connectivity index (χ0v) is 25.5. The summed E-state index contributed by atoms with van der Waals surface area (Å²) in [5, 5.41) is 3.76. The van der Waals surface area contributed by atoms with E-state index in [0.29, 0.717) is 0 Å². The molecule has 8 rings (SSSR count). The van der Waals surface area contributed by atoms with Crippen molar-refractivity contribution in [3.05, 3.63) is 140 Å². The maximum absolute atomic E-state index is 4.83. The molecule has 210 valence electrons. The predicted molar refractivity (Wildman–Crippen MR) is 187 cm³/mol. The number of hydrogen-bond acceptors (Lipinski definition) is 3. The zero-order valence-electron chi connectivity index (χ0n) is 24.7. The lowest BCUT2D eigenvalue weighted by Crippen LogP contribution is -1.93. The molecule has 0 N–H and O–H groups in total. The number of hydrogen-bond donors (Lipinski definition) is 0. The van der Waals surface area contributed by atoms with Gasteiger partial charge in [-0.2, -0.15) is 0 Å². The predicted octanol–water partition coefficient (Wildman–Crippen LogP) is 11.5. The van der Waals surface area contributed by atoms with Crippen LogP contribution in [0.15, 0.2) is 140 Å². The molecule has 0 saturated carbocycles. The van der Waals surface area contributed by atoms with Crippen LogP contribution < -0.4 is 0 Å². The van der Waals surface area contributed by atoms with Gasteiger partial charge in [-0.3, -0.25) is 9.97 Å². The highest BCUT2D eigenvalue weighted by Gasteiger charge is 2.17. The molecule has 0 atom stereocenters. The van der Waals surface area contributed by atoms with Gasteiger partial charge in [-0.15, -0.1) is 17.9 Å². The van der Waals surface area contributed by atoms with Gasteiger partial charge in [-0.25, -0.2) is 0 Å². The first-order valence-electron chi connectivity index (χ1n) is 14.6. The molecular formula is C39H33N3S. The van der Waals surface area contributed by atoms with Crippen molar-refractivity contribution in [3.8, 4) is 27.9 Å². The molecule has 3 nitrogen and oxygen atoms in total. The van der Waals surface area contributed by atoms with E-state index in [1.807, 2.05) is 68.9 Å². The maximum atomic E-state index is 4.83. The molecule has 0 fully saturated rings. The van der Waals surface area contributed by atoms with Gasteiger partial charge in [0.15, 0.2) is 0 Å². The fourth-order valence-corrected chi connectivity index (χ4v) is 6.85. The minimum atomic E-state index is 1.03. The van der Waals surface area contributed by atoms with E-state index in [1.54, 1.807) is 6.08 Å². The van der Waals surface area contributed by atoms with Gasteiger partial charge in [-0.1, -0.05) is 80.6 Å². The van der Waals surface area contributed by atoms with E-state index in [4.69, 9.17) is 4.98 Å². The average Bonchev–Trinajstić information content (AvgIpc) is 3.61. The molecule has 4 aromatic carbocycles. The van der Waals surface area contributed by atoms with Crippen LogP contribution in [0.4, 0.5) is 0 Å². The topological polar surface area (TPSA) is 30.7 Å². The molecule has 4 aromatic heterocycles. The quantitative estimate of drug-likeness (QED) is 0.196. The molecule has 0 spiro atoms. The Morgan fingerprint density at radius 2 is 1.37 bits per heavy atom. The first kappa shape index (κ1) is 28.1. The van der Waals surface area contributed by atoms with Crippen molar-refractivity contribution in [2.75, 3.05) is 0 Å². The summed E-state index contributed by atoms with van der Waals surface area (Å²) < 4.78 is 4.95. The lowest BCUT2D eigenvalue weighted by molar-refractivity contribution is 1.18. The Labute approximate surface area is 256 Å². The van der Waals surface area contributed by atoms with Crippen LogP contribution in [0.1, 0.15) is 20.8 Å². The van der Waals surface area contributed by atoms with Gasteiger partial charge in [0, 0.05) is 49.8 Å². The Morgan fingerprint density at radius 1 is 0.651 bits per heavy atom. The average molecular weight is 576 g/mol. The smallest absolute Gasteiger partial charge is 0.0963 e. The summed E-state index contributed by atoms with van der Waals surface area (Å²) in [4.78, 5) is 8.98. The Bertz CT molecular complexity index is 2160. The van der Waals surface area contributed by atoms with Gasteiger partial charge in [0.1, 0.15) is 0 Å². The van der Waals surface area contributed by atoms with Crippen LogP contribution in [-0.2, 0) is 0 Å². The largest absolute Gasteiger partial charge is 0.308 e. The summed E-state index contributed by atoms with van der Waals surface area (Å²) in [5.41, 5.74) is 9.32. The normalized spacial score (nSPS) is 10.8. The van der Waals surface area contributed by atoms with E-state index in [0.717, 1.165) is 22.3 Å². The number of benzene rings is 4. The van der Waals surface area contributed by atoms with Gasteiger partial charge >= 0.3 is 0 Å². The Hall–Kier alpha value is -5.06. The van der Waals surface area contributed by atoms with Crippen LogP contribution in [-0.4, -0.2) is 14.5 Å². The van der Waals surface area contributed by atoms with Gasteiger partial charge in [-0.05, 0) is 77.7 Å². The first-order chi connectivity index (χ1) is 21.3. The molecule has 0 aliphatic carbocycles. The van der Waals surface area contributed by atoms with Gasteiger partial charge in [0.05, 0.1) is 16.6 Å². The highest BCUT2D eigenvalue weighted by atomic mass is 32.1. The van der Waals surface area contributed by atoms with Gasteiger partial charge in [0.25, 0.3) is 0 Å². The number of thiophene rings is 1. The molecule has 0 unspecified atom stereocenters. The second kappa shape index (κ2) is 12.4. The maximum Gasteiger partial charge on any atom is 0.0963 e. The van der Waals surface area contributed by atoms with Crippen molar-refractivity contribution in [2.45, 2.75) is 20.8 Å². The molecule has 43 heavy (non-hydrogen) atoms. The molecule has 0 saturated heterocycles. The Kier molecular flexibility index (Phi) is 8.12. The number of nitrogens with zero attached hydrogens (tertiary/aromatic N) is 3. The second-order valence-corrected chi connectivity index (χ2v) is 11.0. The molecule has 4 heterocycles. The van der Waals surface area contributed by atoms with Gasteiger partial charge in [0.2, 0.25) is 0 Å². The first-order valence-corrected chi connectivity index (χ1v) is 15.5. The minimum absolute atomic E-state index is 1.03. The monoisotopic (exact) mass is 575 g/mol. The summed E-state index contributed by atoms with van der Waals surface area (Å²) in [6, 6.07) is 39.0. The van der Waals surface area contributed by atoms with Crippen LogP contribution in [0.5, 0.6) is 0 Å². The van der Waals surface area contributed by atoms with E-state index < -0.39 is 0 Å². The summed E-state index contributed by atoms with van der Waals surface area (Å²) in [7, 11) is 0. The van der Waals surface area contributed by atoms with E-state index in [1.165, 1.54) is 47.8 Å². The van der Waals surface area contributed by atoms with E-state index in [2.05, 4.69) is 107 Å². The third-order valence-corrected chi connectivity index (χ3v) is 8.56. The summed E-state index contributed by atoms with van der Waals surface area (Å²) in [6.45, 7) is 9.25. The number of pyridine rings is 2. The summed E-state index contributed by atoms with van der Waals surface area (Å²) in [6.07, 6.45) is 7.31. The van der Waals surface area contributed by atoms with Crippen molar-refractivity contribution in [1.82, 2.24) is 14.5 Å². The van der Waals surface area contributed by atoms with Gasteiger partial charge < -0.3 is 4.57 Å². The zero-order chi connectivity index (χ0) is 29.8. The molecular weight excluding hydrogens is 543 g/mol. The summed E-state index contributed by atoms with van der Waals surface area (Å²) >= 11 is 1.87. The SMILES string of the molecule is C=CC.CC.c1ccc(-c2cccc3c2sc2cc4c(cc23)c2ncccc2n4-c2ccc(-c3ccncc3)cc2)cc1. The van der Waals surface area contributed by atoms with Crippen molar-refractivity contribution in [2.24, 2.45) is 0 Å². The Morgan fingerprint density at radius 3 is 2.12 bits per heavy atom. The van der Waals surface area contributed by atoms with Crippen LogP contribution in [0, 0.1) is 0 Å². The standard InChI is InChI=1S/C34H21N3S.C3H6.C2H6/c1-2-6-24(7-3-1)26-8-4-9-27-28-20-29-31(21-32(28)38-34(26)27)37(30-10-5-17-36-33(29)30)25-13-11-22(12-14-25)23-15-18-35-19-16-23;1-3-2;1-2/h1-21H;3H,1H2,2H3;1-2H3. The fraction of sp³-hybridized carbons (Fsp3) is 0.0769. The van der Waals surface area contributed by atoms with Crippen molar-refractivity contribution < 1.29 is 0 Å². The second-order valence-electron chi connectivity index (χ2n) is 9.91. The van der Waals surface area contributed by atoms with Crippen molar-refractivity contribution in [3.63, 3.8) is 0 Å². The molecule has 8 aromatic rings. The molecule has 0 aliphatic rings. The van der Waals surface area contributed by atoms with Crippen LogP contribution in [0.25, 0.3) is 70.0 Å². The minimum Gasteiger partial charge on any atom is -0.308 e.